The predicted molar refractivity (Wildman–Crippen MR) is 108 cm³/mol. The van der Waals surface area contributed by atoms with Crippen LogP contribution < -0.4 is 10.9 Å². The highest BCUT2D eigenvalue weighted by molar-refractivity contribution is 6.02. The number of fused-ring (bicyclic) bond motifs is 1. The number of nitrogens with one attached hydrogen (secondary N) is 2. The van der Waals surface area contributed by atoms with Gasteiger partial charge >= 0.3 is 0 Å². The minimum atomic E-state index is -1.55. The van der Waals surface area contributed by atoms with Crippen LogP contribution in [0.1, 0.15) is 26.3 Å². The van der Waals surface area contributed by atoms with Crippen LogP contribution >= 0.6 is 0 Å². The number of amides is 1. The van der Waals surface area contributed by atoms with Crippen molar-refractivity contribution >= 4 is 22.5 Å². The van der Waals surface area contributed by atoms with Gasteiger partial charge in [0.05, 0.1) is 17.7 Å². The predicted octanol–water partition coefficient (Wildman–Crippen LogP) is 2.18. The zero-order valence-electron chi connectivity index (χ0n) is 16.0. The molecule has 0 unspecified atom stereocenters. The molecule has 28 heavy (non-hydrogen) atoms. The van der Waals surface area contributed by atoms with Crippen molar-refractivity contribution in [3.8, 4) is 11.4 Å². The molecule has 1 aromatic heterocycles. The molecule has 0 aliphatic heterocycles. The van der Waals surface area contributed by atoms with Gasteiger partial charge in [-0.1, -0.05) is 51.1 Å². The summed E-state index contributed by atoms with van der Waals surface area (Å²) in [6.07, 6.45) is -1.55. The molecule has 0 aliphatic rings. The molecule has 0 fully saturated rings. The quantitative estimate of drug-likeness (QED) is 0.553. The van der Waals surface area contributed by atoms with E-state index in [0.717, 1.165) is 11.1 Å². The molecule has 2 aromatic carbocycles. The Morgan fingerprint density at radius 2 is 1.86 bits per heavy atom. The van der Waals surface area contributed by atoms with Crippen LogP contribution in [0.15, 0.2) is 47.3 Å². The Kier molecular flexibility index (Phi) is 5.31. The normalized spacial score (nSPS) is 12.8. The molecular weight excluding hydrogens is 358 g/mol. The van der Waals surface area contributed by atoms with Gasteiger partial charge in [-0.15, -0.1) is 0 Å². The minimum absolute atomic E-state index is 0.00768. The Morgan fingerprint density at radius 1 is 1.18 bits per heavy atom. The van der Waals surface area contributed by atoms with Gasteiger partial charge in [0.25, 0.3) is 11.5 Å². The maximum Gasteiger partial charge on any atom is 0.259 e. The molecule has 1 heterocycles. The van der Waals surface area contributed by atoms with Crippen LogP contribution in [0.4, 0.5) is 5.69 Å². The van der Waals surface area contributed by atoms with Crippen LogP contribution in [0.5, 0.6) is 0 Å². The second-order valence-corrected chi connectivity index (χ2v) is 7.63. The summed E-state index contributed by atoms with van der Waals surface area (Å²) >= 11 is 0. The zero-order chi connectivity index (χ0) is 20.5. The summed E-state index contributed by atoms with van der Waals surface area (Å²) in [5, 5.41) is 21.2. The van der Waals surface area contributed by atoms with E-state index >= 15 is 0 Å². The number of hydrogen-bond acceptors (Lipinski definition) is 5. The zero-order valence-corrected chi connectivity index (χ0v) is 16.0. The van der Waals surface area contributed by atoms with E-state index in [9.17, 15) is 14.7 Å². The third kappa shape index (κ3) is 3.95. The van der Waals surface area contributed by atoms with Crippen molar-refractivity contribution in [2.45, 2.75) is 32.3 Å². The van der Waals surface area contributed by atoms with E-state index in [-0.39, 0.29) is 16.7 Å². The fraction of sp³-hybridized carbons (Fsp3) is 0.286. The molecule has 0 radical (unpaired) electrons. The van der Waals surface area contributed by atoms with Crippen LogP contribution in [0.2, 0.25) is 0 Å². The highest BCUT2D eigenvalue weighted by atomic mass is 16.3. The van der Waals surface area contributed by atoms with Gasteiger partial charge in [0.1, 0.15) is 11.3 Å². The molecule has 0 saturated heterocycles. The molecule has 7 heteroatoms. The molecule has 1 amide bonds. The number of carbonyl (C=O) groups excluding carboxylic acids is 1. The molecule has 3 rings (SSSR count). The van der Waals surface area contributed by atoms with Crippen LogP contribution in [0.3, 0.4) is 0 Å². The van der Waals surface area contributed by atoms with E-state index in [1.807, 2.05) is 24.3 Å². The molecular formula is C21H23N3O4. The van der Waals surface area contributed by atoms with Crippen LogP contribution in [-0.2, 0) is 10.2 Å². The fourth-order valence-electron chi connectivity index (χ4n) is 2.83. The number of aromatic nitrogens is 2. The van der Waals surface area contributed by atoms with Gasteiger partial charge in [0.2, 0.25) is 0 Å². The number of nitrogens with zero attached hydrogens (tertiary/aromatic N) is 1. The topological polar surface area (TPSA) is 115 Å². The molecule has 0 saturated carbocycles. The van der Waals surface area contributed by atoms with Crippen molar-refractivity contribution < 1.29 is 15.0 Å². The lowest BCUT2D eigenvalue weighted by molar-refractivity contribution is -0.125. The van der Waals surface area contributed by atoms with E-state index in [0.29, 0.717) is 16.7 Å². The maximum absolute atomic E-state index is 12.5. The molecule has 4 N–H and O–H groups in total. The standard InChI is InChI=1S/C21H23N3O4/c1-21(2,3)13-9-7-12(8-10-13)18-23-17-14(19(27)24-18)5-4-6-15(17)22-20(28)16(26)11-25/h4-10,16,25-26H,11H2,1-3H3,(H,22,28)(H,23,24,27)/t16-/m1/s1. The summed E-state index contributed by atoms with van der Waals surface area (Å²) in [5.74, 6) is -0.393. The van der Waals surface area contributed by atoms with Crippen molar-refractivity contribution in [2.75, 3.05) is 11.9 Å². The van der Waals surface area contributed by atoms with Gasteiger partial charge in [-0.25, -0.2) is 4.98 Å². The van der Waals surface area contributed by atoms with E-state index in [1.165, 1.54) is 0 Å². The first-order chi connectivity index (χ1) is 13.2. The second-order valence-electron chi connectivity index (χ2n) is 7.63. The third-order valence-electron chi connectivity index (χ3n) is 4.49. The van der Waals surface area contributed by atoms with E-state index in [4.69, 9.17) is 5.11 Å². The van der Waals surface area contributed by atoms with Gasteiger partial charge in [-0.3, -0.25) is 9.59 Å². The summed E-state index contributed by atoms with van der Waals surface area (Å²) in [6.45, 7) is 5.66. The average Bonchev–Trinajstić information content (AvgIpc) is 2.67. The lowest BCUT2D eigenvalue weighted by Crippen LogP contribution is -2.30. The van der Waals surface area contributed by atoms with Crippen LogP contribution in [0.25, 0.3) is 22.3 Å². The van der Waals surface area contributed by atoms with Crippen molar-refractivity contribution in [1.82, 2.24) is 9.97 Å². The fourth-order valence-corrected chi connectivity index (χ4v) is 2.83. The summed E-state index contributed by atoms with van der Waals surface area (Å²) in [4.78, 5) is 31.7. The van der Waals surface area contributed by atoms with Gasteiger partial charge in [-0.2, -0.15) is 0 Å². The highest BCUT2D eigenvalue weighted by Gasteiger charge is 2.17. The number of rotatable bonds is 4. The lowest BCUT2D eigenvalue weighted by Gasteiger charge is -2.19. The molecule has 0 bridgehead atoms. The first-order valence-corrected chi connectivity index (χ1v) is 8.94. The van der Waals surface area contributed by atoms with E-state index in [2.05, 4.69) is 36.1 Å². The number of aliphatic hydroxyl groups is 2. The van der Waals surface area contributed by atoms with Crippen molar-refractivity contribution in [3.05, 3.63) is 58.4 Å². The van der Waals surface area contributed by atoms with Crippen LogP contribution in [-0.4, -0.2) is 38.8 Å². The van der Waals surface area contributed by atoms with Gasteiger partial charge in [0.15, 0.2) is 6.10 Å². The van der Waals surface area contributed by atoms with E-state index in [1.54, 1.807) is 18.2 Å². The Labute approximate surface area is 162 Å². The number of H-pyrrole nitrogens is 1. The highest BCUT2D eigenvalue weighted by Crippen LogP contribution is 2.26. The number of para-hydroxylation sites is 1. The largest absolute Gasteiger partial charge is 0.393 e. The number of benzene rings is 2. The Hall–Kier alpha value is -3.03. The van der Waals surface area contributed by atoms with Gasteiger partial charge in [-0.05, 0) is 23.1 Å². The summed E-state index contributed by atoms with van der Waals surface area (Å²) < 4.78 is 0. The Bertz CT molecular complexity index is 1070. The second kappa shape index (κ2) is 7.53. The number of aliphatic hydroxyl groups excluding tert-OH is 2. The summed E-state index contributed by atoms with van der Waals surface area (Å²) in [7, 11) is 0. The Morgan fingerprint density at radius 3 is 2.46 bits per heavy atom. The SMILES string of the molecule is CC(C)(C)c1ccc(-c2nc3c(NC(=O)[C@H](O)CO)cccc3c(=O)[nH]2)cc1. The number of aromatic amines is 1. The number of anilines is 1. The van der Waals surface area contributed by atoms with Crippen molar-refractivity contribution in [2.24, 2.45) is 0 Å². The monoisotopic (exact) mass is 381 g/mol. The molecule has 0 aliphatic carbocycles. The number of hydrogen-bond donors (Lipinski definition) is 4. The minimum Gasteiger partial charge on any atom is -0.393 e. The van der Waals surface area contributed by atoms with Crippen LogP contribution in [0, 0.1) is 0 Å². The smallest absolute Gasteiger partial charge is 0.259 e. The molecule has 0 spiro atoms. The first-order valence-electron chi connectivity index (χ1n) is 8.94. The average molecular weight is 381 g/mol. The first kappa shape index (κ1) is 19.7. The van der Waals surface area contributed by atoms with Gasteiger partial charge in [0, 0.05) is 5.56 Å². The summed E-state index contributed by atoms with van der Waals surface area (Å²) in [5.41, 5.74) is 2.16. The maximum atomic E-state index is 12.5. The third-order valence-corrected chi connectivity index (χ3v) is 4.49. The molecule has 3 aromatic rings. The Balaban J connectivity index is 2.07. The number of carbonyl (C=O) groups is 1. The van der Waals surface area contributed by atoms with Gasteiger partial charge < -0.3 is 20.5 Å². The molecule has 7 nitrogen and oxygen atoms in total. The van der Waals surface area contributed by atoms with E-state index < -0.39 is 18.6 Å². The molecule has 1 atom stereocenters. The van der Waals surface area contributed by atoms with Crippen molar-refractivity contribution in [1.29, 1.82) is 0 Å². The lowest BCUT2D eigenvalue weighted by atomic mass is 9.87. The molecule has 146 valence electrons. The van der Waals surface area contributed by atoms with Crippen molar-refractivity contribution in [3.63, 3.8) is 0 Å². The summed E-state index contributed by atoms with van der Waals surface area (Å²) in [6, 6.07) is 12.6.